The van der Waals surface area contributed by atoms with E-state index in [-0.39, 0.29) is 22.7 Å². The molecular weight excluding hydrogens is 592 g/mol. The van der Waals surface area contributed by atoms with Gasteiger partial charge in [0.05, 0.1) is 24.2 Å². The van der Waals surface area contributed by atoms with Crippen LogP contribution in [0.4, 0.5) is 0 Å². The highest BCUT2D eigenvalue weighted by Gasteiger charge is 2.69. The van der Waals surface area contributed by atoms with Gasteiger partial charge in [-0.2, -0.15) is 0 Å². The van der Waals surface area contributed by atoms with E-state index in [9.17, 15) is 45.6 Å². The van der Waals surface area contributed by atoms with E-state index >= 15 is 0 Å². The van der Waals surface area contributed by atoms with Crippen molar-refractivity contribution in [1.82, 2.24) is 0 Å². The summed E-state index contributed by atoms with van der Waals surface area (Å²) in [6.45, 7) is 7.41. The minimum absolute atomic E-state index is 0.0421. The zero-order valence-electron chi connectivity index (χ0n) is 26.0. The number of rotatable bonds is 6. The average Bonchev–Trinajstić information content (AvgIpc) is 3.20. The summed E-state index contributed by atoms with van der Waals surface area (Å²) in [5, 5.41) is 81.4. The highest BCUT2D eigenvalue weighted by molar-refractivity contribution is 5.77. The van der Waals surface area contributed by atoms with E-state index in [4.69, 9.17) is 18.9 Å². The molecule has 2 bridgehead atoms. The summed E-state index contributed by atoms with van der Waals surface area (Å²) < 4.78 is 23.4. The van der Waals surface area contributed by atoms with Gasteiger partial charge in [-0.05, 0) is 86.5 Å². The highest BCUT2D eigenvalue weighted by atomic mass is 16.7. The van der Waals surface area contributed by atoms with Gasteiger partial charge in [0.15, 0.2) is 6.29 Å². The number of carbonyl (C=O) groups excluding carboxylic acids is 1. The first-order chi connectivity index (χ1) is 21.2. The zero-order valence-corrected chi connectivity index (χ0v) is 26.0. The Hall–Kier alpha value is -1.23. The Kier molecular flexibility index (Phi) is 8.77. The molecule has 13 heteroatoms. The number of ether oxygens (including phenoxy) is 4. The summed E-state index contributed by atoms with van der Waals surface area (Å²) in [4.78, 5) is 13.9. The Morgan fingerprint density at radius 3 is 2.00 bits per heavy atom. The van der Waals surface area contributed by atoms with E-state index < -0.39 is 91.6 Å². The molecule has 0 unspecified atom stereocenters. The maximum atomic E-state index is 13.9. The number of aliphatic hydroxyl groups is 8. The first-order valence-electron chi connectivity index (χ1n) is 16.3. The summed E-state index contributed by atoms with van der Waals surface area (Å²) in [6.07, 6.45) is -7.82. The predicted octanol–water partition coefficient (Wildman–Crippen LogP) is -0.762. The first-order valence-corrected chi connectivity index (χ1v) is 16.3. The smallest absolute Gasteiger partial charge is 0.314 e. The molecular formula is C32H50O13. The average molecular weight is 643 g/mol. The first kappa shape index (κ1) is 33.7. The van der Waals surface area contributed by atoms with Crippen molar-refractivity contribution >= 4 is 5.97 Å². The molecule has 1 spiro atoms. The Balaban J connectivity index is 1.20. The van der Waals surface area contributed by atoms with Crippen LogP contribution in [0.1, 0.15) is 71.6 Å². The van der Waals surface area contributed by atoms with Crippen LogP contribution in [0.3, 0.4) is 0 Å². The molecule has 2 aliphatic heterocycles. The molecule has 6 rings (SSSR count). The van der Waals surface area contributed by atoms with Gasteiger partial charge in [-0.3, -0.25) is 4.79 Å². The van der Waals surface area contributed by atoms with Gasteiger partial charge in [0.1, 0.15) is 48.8 Å². The highest BCUT2D eigenvalue weighted by Crippen LogP contribution is 2.73. The Morgan fingerprint density at radius 2 is 1.38 bits per heavy atom. The van der Waals surface area contributed by atoms with Crippen molar-refractivity contribution in [2.45, 2.75) is 139 Å². The minimum atomic E-state index is -1.67. The summed E-state index contributed by atoms with van der Waals surface area (Å²) in [7, 11) is 0. The number of hydrogen-bond acceptors (Lipinski definition) is 13. The number of hydrogen-bond donors (Lipinski definition) is 8. The molecule has 8 N–H and O–H groups in total. The topological polar surface area (TPSA) is 216 Å². The van der Waals surface area contributed by atoms with Gasteiger partial charge < -0.3 is 59.8 Å². The molecule has 16 atom stereocenters. The molecule has 2 saturated heterocycles. The van der Waals surface area contributed by atoms with E-state index in [2.05, 4.69) is 13.5 Å². The van der Waals surface area contributed by atoms with Gasteiger partial charge in [0, 0.05) is 0 Å². The molecule has 0 aromatic rings. The molecule has 4 saturated carbocycles. The number of aliphatic hydroxyl groups excluding tert-OH is 8. The molecule has 0 aromatic carbocycles. The van der Waals surface area contributed by atoms with E-state index in [0.717, 1.165) is 37.7 Å². The fraction of sp³-hybridized carbons (Fsp3) is 0.906. The zero-order chi connectivity index (χ0) is 32.7. The van der Waals surface area contributed by atoms with Crippen LogP contribution >= 0.6 is 0 Å². The van der Waals surface area contributed by atoms with Crippen molar-refractivity contribution < 1.29 is 64.6 Å². The molecule has 0 radical (unpaired) electrons. The van der Waals surface area contributed by atoms with Gasteiger partial charge in [-0.1, -0.05) is 19.9 Å². The fourth-order valence-electron chi connectivity index (χ4n) is 10.5. The molecule has 2 heterocycles. The maximum Gasteiger partial charge on any atom is 0.314 e. The van der Waals surface area contributed by atoms with E-state index in [1.54, 1.807) is 0 Å². The number of esters is 1. The number of carbonyl (C=O) groups is 1. The summed E-state index contributed by atoms with van der Waals surface area (Å²) in [5.41, 5.74) is -1.20. The standard InChI is InChI=1S/C32H50O13/c1-15-11-31-9-5-18-29(2,7-4-8-30(18,3)28(41)44-26-24(39)22(37)20(35)16(12-33)42-26)19(31)6-10-32(15,14-31)45-27-25(40)23(38)21(36)17(13-34)43-27/h16-27,33-40H,1,4-14H2,2-3H3/t16-,17-,18+,19+,20-,21-,22+,23+,24-,25-,26+,27+,29-,30-,31-,32+/m1/s1. The molecule has 13 nitrogen and oxygen atoms in total. The van der Waals surface area contributed by atoms with Crippen molar-refractivity contribution in [2.24, 2.45) is 28.1 Å². The molecule has 0 amide bonds. The Bertz CT molecular complexity index is 1150. The van der Waals surface area contributed by atoms with Gasteiger partial charge in [-0.15, -0.1) is 0 Å². The quantitative estimate of drug-likeness (QED) is 0.102. The fourth-order valence-corrected chi connectivity index (χ4v) is 10.5. The van der Waals surface area contributed by atoms with Crippen LogP contribution in [0.15, 0.2) is 12.2 Å². The van der Waals surface area contributed by atoms with Gasteiger partial charge in [0.25, 0.3) is 0 Å². The lowest BCUT2D eigenvalue weighted by atomic mass is 9.41. The third-order valence-electron chi connectivity index (χ3n) is 12.9. The SMILES string of the molecule is C=C1C[C@@]23CC[C@H]4[C@@](C)(CCC[C@@]4(C)C(=O)O[C@@H]4O[C@H](CO)[C@@H](O)[C@H](O)[C@H]4O)[C@@H]2CC[C@]1(O[C@@H]1O[C@H](CO)[C@@H](O)[C@H](O)[C@H]1O)C3. The molecule has 0 aromatic heterocycles. The van der Waals surface area contributed by atoms with Crippen molar-refractivity contribution in [3.63, 3.8) is 0 Å². The molecule has 4 aliphatic carbocycles. The van der Waals surface area contributed by atoms with E-state index in [0.29, 0.717) is 25.7 Å². The largest absolute Gasteiger partial charge is 0.432 e. The van der Waals surface area contributed by atoms with E-state index in [1.807, 2.05) is 6.92 Å². The summed E-state index contributed by atoms with van der Waals surface area (Å²) in [5.74, 6) is -0.348. The van der Waals surface area contributed by atoms with Gasteiger partial charge in [0.2, 0.25) is 6.29 Å². The lowest BCUT2D eigenvalue weighted by molar-refractivity contribution is -0.327. The van der Waals surface area contributed by atoms with Crippen molar-refractivity contribution in [2.75, 3.05) is 13.2 Å². The lowest BCUT2D eigenvalue weighted by Gasteiger charge is -2.64. The van der Waals surface area contributed by atoms with Crippen molar-refractivity contribution in [3.8, 4) is 0 Å². The van der Waals surface area contributed by atoms with Crippen LogP contribution in [0, 0.1) is 28.1 Å². The minimum Gasteiger partial charge on any atom is -0.432 e. The predicted molar refractivity (Wildman–Crippen MR) is 154 cm³/mol. The summed E-state index contributed by atoms with van der Waals surface area (Å²) >= 11 is 0. The second kappa shape index (κ2) is 11.7. The third kappa shape index (κ3) is 5.04. The number of fused-ring (bicyclic) bond motifs is 3. The Labute approximate surface area is 262 Å². The maximum absolute atomic E-state index is 13.9. The second-order valence-electron chi connectivity index (χ2n) is 15.2. The third-order valence-corrected chi connectivity index (χ3v) is 12.9. The van der Waals surface area contributed by atoms with Gasteiger partial charge in [-0.25, -0.2) is 0 Å². The van der Waals surface area contributed by atoms with Crippen LogP contribution in [0.2, 0.25) is 0 Å². The molecule has 6 aliphatic rings. The molecule has 45 heavy (non-hydrogen) atoms. The van der Waals surface area contributed by atoms with Crippen LogP contribution in [0.25, 0.3) is 0 Å². The molecule has 6 fully saturated rings. The lowest BCUT2D eigenvalue weighted by Crippen LogP contribution is -2.63. The monoisotopic (exact) mass is 642 g/mol. The summed E-state index contributed by atoms with van der Waals surface area (Å²) in [6, 6.07) is 0. The van der Waals surface area contributed by atoms with Crippen LogP contribution in [0.5, 0.6) is 0 Å². The van der Waals surface area contributed by atoms with Crippen LogP contribution in [-0.2, 0) is 23.7 Å². The van der Waals surface area contributed by atoms with Crippen LogP contribution in [-0.4, -0.2) is 127 Å². The van der Waals surface area contributed by atoms with Crippen molar-refractivity contribution in [1.29, 1.82) is 0 Å². The molecule has 256 valence electrons. The van der Waals surface area contributed by atoms with Crippen molar-refractivity contribution in [3.05, 3.63) is 12.2 Å². The van der Waals surface area contributed by atoms with Gasteiger partial charge >= 0.3 is 5.97 Å². The Morgan fingerprint density at radius 1 is 0.800 bits per heavy atom. The van der Waals surface area contributed by atoms with Crippen LogP contribution < -0.4 is 0 Å². The van der Waals surface area contributed by atoms with E-state index in [1.165, 1.54) is 0 Å². The second-order valence-corrected chi connectivity index (χ2v) is 15.2. The normalized spacial score (nSPS) is 54.7.